The normalized spacial score (nSPS) is 20.4. The molecule has 0 spiro atoms. The predicted molar refractivity (Wildman–Crippen MR) is 75.3 cm³/mol. The van der Waals surface area contributed by atoms with E-state index in [1.54, 1.807) is 24.3 Å². The van der Waals surface area contributed by atoms with Crippen LogP contribution in [0.1, 0.15) is 23.7 Å². The van der Waals surface area contributed by atoms with Crippen LogP contribution in [-0.4, -0.2) is 37.8 Å². The molecule has 0 aliphatic carbocycles. The zero-order valence-electron chi connectivity index (χ0n) is 11.0. The Labute approximate surface area is 117 Å². The molecule has 20 heavy (non-hydrogen) atoms. The number of sulfone groups is 1. The highest BCUT2D eigenvalue weighted by molar-refractivity contribution is 7.91. The third kappa shape index (κ3) is 3.80. The molecule has 1 aliphatic rings. The Bertz CT molecular complexity index is 622. The van der Waals surface area contributed by atoms with Crippen LogP contribution in [0.4, 0.5) is 5.69 Å². The molecule has 1 fully saturated rings. The molecule has 7 heteroatoms. The summed E-state index contributed by atoms with van der Waals surface area (Å²) in [6, 6.07) is 6.11. The fraction of sp³-hybridized carbons (Fsp3) is 0.385. The van der Waals surface area contributed by atoms with E-state index in [0.29, 0.717) is 17.7 Å². The van der Waals surface area contributed by atoms with Crippen LogP contribution in [-0.2, 0) is 14.6 Å². The lowest BCUT2D eigenvalue weighted by atomic mass is 10.1. The van der Waals surface area contributed by atoms with Gasteiger partial charge in [0.2, 0.25) is 5.91 Å². The summed E-state index contributed by atoms with van der Waals surface area (Å²) in [6.45, 7) is 1.40. The summed E-state index contributed by atoms with van der Waals surface area (Å²) in [4.78, 5) is 22.8. The average Bonchev–Trinajstić information content (AvgIpc) is 2.68. The molecule has 2 rings (SSSR count). The first-order valence-electron chi connectivity index (χ1n) is 6.25. The Hall–Kier alpha value is -1.89. The number of hydrogen-bond acceptors (Lipinski definition) is 4. The molecular formula is C13H16N2O4S. The smallest absolute Gasteiger partial charge is 0.251 e. The van der Waals surface area contributed by atoms with Crippen LogP contribution >= 0.6 is 0 Å². The number of carbonyl (C=O) groups is 2. The Kier molecular flexibility index (Phi) is 4.08. The fourth-order valence-corrected chi connectivity index (χ4v) is 3.76. The van der Waals surface area contributed by atoms with E-state index >= 15 is 0 Å². The summed E-state index contributed by atoms with van der Waals surface area (Å²) >= 11 is 0. The molecule has 1 aromatic rings. The molecule has 1 unspecified atom stereocenters. The van der Waals surface area contributed by atoms with Crippen molar-refractivity contribution in [3.63, 3.8) is 0 Å². The van der Waals surface area contributed by atoms with Crippen LogP contribution in [0.3, 0.4) is 0 Å². The second-order valence-corrected chi connectivity index (χ2v) is 7.06. The molecule has 6 nitrogen and oxygen atoms in total. The molecule has 0 saturated carbocycles. The van der Waals surface area contributed by atoms with Crippen molar-refractivity contribution in [1.82, 2.24) is 5.32 Å². The minimum atomic E-state index is -3.01. The molecule has 1 saturated heterocycles. The lowest BCUT2D eigenvalue weighted by Gasteiger charge is -2.11. The van der Waals surface area contributed by atoms with Crippen LogP contribution in [0.2, 0.25) is 0 Å². The van der Waals surface area contributed by atoms with Crippen LogP contribution in [0, 0.1) is 0 Å². The molecule has 0 radical (unpaired) electrons. The molecule has 2 amide bonds. The maximum Gasteiger partial charge on any atom is 0.251 e. The predicted octanol–water partition coefficient (Wildman–Crippen LogP) is 0.562. The first-order valence-corrected chi connectivity index (χ1v) is 8.07. The van der Waals surface area contributed by atoms with Gasteiger partial charge in [0.15, 0.2) is 9.84 Å². The zero-order chi connectivity index (χ0) is 14.8. The SMILES string of the molecule is CC(=O)Nc1ccc(C(=O)NC2CCS(=O)(=O)C2)cc1. The van der Waals surface area contributed by atoms with Gasteiger partial charge in [0, 0.05) is 24.2 Å². The Morgan fingerprint density at radius 3 is 2.35 bits per heavy atom. The van der Waals surface area contributed by atoms with Crippen LogP contribution < -0.4 is 10.6 Å². The molecule has 0 aromatic heterocycles. The monoisotopic (exact) mass is 296 g/mol. The minimum Gasteiger partial charge on any atom is -0.348 e. The topological polar surface area (TPSA) is 92.3 Å². The maximum atomic E-state index is 12.0. The van der Waals surface area contributed by atoms with Gasteiger partial charge in [-0.3, -0.25) is 9.59 Å². The Morgan fingerprint density at radius 1 is 1.20 bits per heavy atom. The van der Waals surface area contributed by atoms with Gasteiger partial charge >= 0.3 is 0 Å². The molecular weight excluding hydrogens is 280 g/mol. The number of carbonyl (C=O) groups excluding carboxylic acids is 2. The van der Waals surface area contributed by atoms with E-state index in [9.17, 15) is 18.0 Å². The van der Waals surface area contributed by atoms with Crippen LogP contribution in [0.25, 0.3) is 0 Å². The van der Waals surface area contributed by atoms with Gasteiger partial charge in [0.05, 0.1) is 11.5 Å². The first-order chi connectivity index (χ1) is 9.35. The van der Waals surface area contributed by atoms with Crippen molar-refractivity contribution >= 4 is 27.3 Å². The lowest BCUT2D eigenvalue weighted by molar-refractivity contribution is -0.114. The van der Waals surface area contributed by atoms with Crippen molar-refractivity contribution in [3.8, 4) is 0 Å². The maximum absolute atomic E-state index is 12.0. The van der Waals surface area contributed by atoms with E-state index < -0.39 is 9.84 Å². The van der Waals surface area contributed by atoms with E-state index in [4.69, 9.17) is 0 Å². The standard InChI is InChI=1S/C13H16N2O4S/c1-9(16)14-11-4-2-10(3-5-11)13(17)15-12-6-7-20(18,19)8-12/h2-5,12H,6-8H2,1H3,(H,14,16)(H,15,17). The number of anilines is 1. The zero-order valence-corrected chi connectivity index (χ0v) is 11.9. The van der Waals surface area contributed by atoms with Crippen molar-refractivity contribution in [2.45, 2.75) is 19.4 Å². The quantitative estimate of drug-likeness (QED) is 0.852. The number of nitrogens with one attached hydrogen (secondary N) is 2. The van der Waals surface area contributed by atoms with Crippen molar-refractivity contribution in [2.24, 2.45) is 0 Å². The highest BCUT2D eigenvalue weighted by Gasteiger charge is 2.29. The van der Waals surface area contributed by atoms with Gasteiger partial charge in [-0.15, -0.1) is 0 Å². The second kappa shape index (κ2) is 5.62. The number of amides is 2. The fourth-order valence-electron chi connectivity index (χ4n) is 2.09. The van der Waals surface area contributed by atoms with Crippen LogP contribution in [0.5, 0.6) is 0 Å². The van der Waals surface area contributed by atoms with Gasteiger partial charge < -0.3 is 10.6 Å². The molecule has 0 bridgehead atoms. The van der Waals surface area contributed by atoms with Gasteiger partial charge in [-0.05, 0) is 30.7 Å². The largest absolute Gasteiger partial charge is 0.348 e. The summed E-state index contributed by atoms with van der Waals surface area (Å²) in [5.41, 5.74) is 1.04. The second-order valence-electron chi connectivity index (χ2n) is 4.83. The molecule has 1 aliphatic heterocycles. The summed E-state index contributed by atoms with van der Waals surface area (Å²) in [5, 5.41) is 5.31. The third-order valence-electron chi connectivity index (χ3n) is 3.04. The van der Waals surface area contributed by atoms with Gasteiger partial charge in [0.1, 0.15) is 0 Å². The molecule has 1 aromatic carbocycles. The van der Waals surface area contributed by atoms with Crippen molar-refractivity contribution in [3.05, 3.63) is 29.8 Å². The lowest BCUT2D eigenvalue weighted by Crippen LogP contribution is -2.35. The summed E-state index contributed by atoms with van der Waals surface area (Å²) < 4.78 is 22.6. The van der Waals surface area contributed by atoms with Crippen LogP contribution in [0.15, 0.2) is 24.3 Å². The van der Waals surface area contributed by atoms with Gasteiger partial charge in [-0.25, -0.2) is 8.42 Å². The van der Waals surface area contributed by atoms with Gasteiger partial charge in [-0.2, -0.15) is 0 Å². The molecule has 108 valence electrons. The third-order valence-corrected chi connectivity index (χ3v) is 4.80. The minimum absolute atomic E-state index is 0.00269. The van der Waals surface area contributed by atoms with E-state index in [-0.39, 0.29) is 29.4 Å². The Balaban J connectivity index is 1.98. The van der Waals surface area contributed by atoms with E-state index in [1.807, 2.05) is 0 Å². The van der Waals surface area contributed by atoms with Crippen molar-refractivity contribution in [1.29, 1.82) is 0 Å². The first kappa shape index (κ1) is 14.5. The highest BCUT2D eigenvalue weighted by Crippen LogP contribution is 2.13. The van der Waals surface area contributed by atoms with E-state index in [0.717, 1.165) is 0 Å². The van der Waals surface area contributed by atoms with Crippen molar-refractivity contribution in [2.75, 3.05) is 16.8 Å². The molecule has 1 heterocycles. The average molecular weight is 296 g/mol. The molecule has 1 atom stereocenters. The van der Waals surface area contributed by atoms with Gasteiger partial charge in [0.25, 0.3) is 5.91 Å². The summed E-state index contributed by atoms with van der Waals surface area (Å²) in [6.07, 6.45) is 0.456. The number of rotatable bonds is 3. The molecule has 2 N–H and O–H groups in total. The Morgan fingerprint density at radius 2 is 1.85 bits per heavy atom. The van der Waals surface area contributed by atoms with Crippen molar-refractivity contribution < 1.29 is 18.0 Å². The highest BCUT2D eigenvalue weighted by atomic mass is 32.2. The summed E-state index contributed by atoms with van der Waals surface area (Å²) in [7, 11) is -3.01. The summed E-state index contributed by atoms with van der Waals surface area (Å²) in [5.74, 6) is -0.359. The van der Waals surface area contributed by atoms with E-state index in [1.165, 1.54) is 6.92 Å². The number of hydrogen-bond donors (Lipinski definition) is 2. The van der Waals surface area contributed by atoms with E-state index in [2.05, 4.69) is 10.6 Å². The number of benzene rings is 1. The van der Waals surface area contributed by atoms with Gasteiger partial charge in [-0.1, -0.05) is 0 Å².